The van der Waals surface area contributed by atoms with E-state index >= 15 is 0 Å². The van der Waals surface area contributed by atoms with Crippen LogP contribution < -0.4 is 0 Å². The van der Waals surface area contributed by atoms with Crippen molar-refractivity contribution in [1.82, 2.24) is 19.5 Å². The smallest absolute Gasteiger partial charge is 0.253 e. The van der Waals surface area contributed by atoms with Crippen LogP contribution in [0.3, 0.4) is 0 Å². The molecule has 2 heterocycles. The Morgan fingerprint density at radius 1 is 1.29 bits per heavy atom. The van der Waals surface area contributed by atoms with Gasteiger partial charge in [-0.05, 0) is 31.2 Å². The molecule has 0 radical (unpaired) electrons. The van der Waals surface area contributed by atoms with Crippen LogP contribution in [0.15, 0.2) is 48.8 Å². The highest BCUT2D eigenvalue weighted by atomic mass is 16.5. The summed E-state index contributed by atoms with van der Waals surface area (Å²) in [5.74, 6) is -0.00169. The lowest BCUT2D eigenvalue weighted by Crippen LogP contribution is -2.33. The van der Waals surface area contributed by atoms with E-state index in [-0.39, 0.29) is 5.91 Å². The van der Waals surface area contributed by atoms with Crippen molar-refractivity contribution in [2.75, 3.05) is 26.8 Å². The van der Waals surface area contributed by atoms with Gasteiger partial charge < -0.3 is 9.64 Å². The summed E-state index contributed by atoms with van der Waals surface area (Å²) in [6, 6.07) is 11.3. The Labute approximate surface area is 140 Å². The van der Waals surface area contributed by atoms with Crippen LogP contribution in [0.25, 0.3) is 16.9 Å². The second kappa shape index (κ2) is 7.23. The monoisotopic (exact) mass is 324 g/mol. The molecule has 0 saturated carbocycles. The van der Waals surface area contributed by atoms with Gasteiger partial charge in [0.25, 0.3) is 5.91 Å². The average molecular weight is 324 g/mol. The highest BCUT2D eigenvalue weighted by Crippen LogP contribution is 2.21. The quantitative estimate of drug-likeness (QED) is 0.699. The molecule has 2 aromatic heterocycles. The van der Waals surface area contributed by atoms with Crippen molar-refractivity contribution in [2.45, 2.75) is 6.92 Å². The number of ether oxygens (including phenoxy) is 1. The van der Waals surface area contributed by atoms with E-state index in [1.165, 1.54) is 0 Å². The second-order valence-electron chi connectivity index (χ2n) is 5.40. The minimum Gasteiger partial charge on any atom is -0.383 e. The first kappa shape index (κ1) is 16.1. The zero-order valence-corrected chi connectivity index (χ0v) is 13.8. The van der Waals surface area contributed by atoms with Crippen LogP contribution in [0.4, 0.5) is 0 Å². The number of methoxy groups -OCH3 is 1. The fourth-order valence-corrected chi connectivity index (χ4v) is 2.62. The molecule has 24 heavy (non-hydrogen) atoms. The molecule has 0 aliphatic heterocycles. The number of carbonyl (C=O) groups is 1. The van der Waals surface area contributed by atoms with Crippen molar-refractivity contribution in [2.24, 2.45) is 0 Å². The third-order valence-electron chi connectivity index (χ3n) is 3.92. The van der Waals surface area contributed by atoms with E-state index in [1.54, 1.807) is 28.9 Å². The molecule has 0 N–H and O–H groups in total. The normalized spacial score (nSPS) is 10.9. The molecule has 0 fully saturated rings. The highest BCUT2D eigenvalue weighted by molar-refractivity contribution is 5.95. The number of fused-ring (bicyclic) bond motifs is 1. The Morgan fingerprint density at radius 3 is 2.96 bits per heavy atom. The third-order valence-corrected chi connectivity index (χ3v) is 3.92. The van der Waals surface area contributed by atoms with Gasteiger partial charge in [0.15, 0.2) is 5.65 Å². The van der Waals surface area contributed by atoms with Crippen LogP contribution in [-0.2, 0) is 4.74 Å². The average Bonchev–Trinajstić information content (AvgIpc) is 3.06. The van der Waals surface area contributed by atoms with Crippen LogP contribution >= 0.6 is 0 Å². The summed E-state index contributed by atoms with van der Waals surface area (Å²) in [5.41, 5.74) is 3.20. The van der Waals surface area contributed by atoms with E-state index in [2.05, 4.69) is 10.1 Å². The maximum atomic E-state index is 12.7. The van der Waals surface area contributed by atoms with Crippen LogP contribution in [0.5, 0.6) is 0 Å². The molecule has 0 saturated heterocycles. The maximum Gasteiger partial charge on any atom is 0.253 e. The van der Waals surface area contributed by atoms with Crippen molar-refractivity contribution in [3.05, 3.63) is 54.4 Å². The molecule has 6 nitrogen and oxygen atoms in total. The van der Waals surface area contributed by atoms with Gasteiger partial charge in [-0.25, -0.2) is 9.50 Å². The summed E-state index contributed by atoms with van der Waals surface area (Å²) in [7, 11) is 1.64. The minimum absolute atomic E-state index is 0.00169. The molecule has 3 aromatic rings. The molecular formula is C18H20N4O2. The van der Waals surface area contributed by atoms with Gasteiger partial charge >= 0.3 is 0 Å². The number of hydrogen-bond acceptors (Lipinski definition) is 4. The summed E-state index contributed by atoms with van der Waals surface area (Å²) in [6.45, 7) is 3.71. The van der Waals surface area contributed by atoms with Gasteiger partial charge in [-0.1, -0.05) is 12.1 Å². The van der Waals surface area contributed by atoms with Gasteiger partial charge in [0.1, 0.15) is 0 Å². The number of rotatable bonds is 6. The summed E-state index contributed by atoms with van der Waals surface area (Å²) in [4.78, 5) is 18.8. The Kier molecular flexibility index (Phi) is 4.86. The number of amides is 1. The highest BCUT2D eigenvalue weighted by Gasteiger charge is 2.15. The Morgan fingerprint density at radius 2 is 2.17 bits per heavy atom. The lowest BCUT2D eigenvalue weighted by Gasteiger charge is -2.20. The number of aromatic nitrogens is 3. The van der Waals surface area contributed by atoms with E-state index in [1.807, 2.05) is 43.3 Å². The van der Waals surface area contributed by atoms with Crippen molar-refractivity contribution < 1.29 is 9.53 Å². The van der Waals surface area contributed by atoms with Crippen LogP contribution in [-0.4, -0.2) is 52.2 Å². The largest absolute Gasteiger partial charge is 0.383 e. The van der Waals surface area contributed by atoms with Crippen molar-refractivity contribution in [3.8, 4) is 11.3 Å². The number of benzene rings is 1. The molecular weight excluding hydrogens is 304 g/mol. The summed E-state index contributed by atoms with van der Waals surface area (Å²) < 4.78 is 6.85. The standard InChI is InChI=1S/C18H20N4O2/c1-3-21(10-11-24-2)18(23)15-7-4-6-14(12-15)16-13-19-17-8-5-9-20-22(16)17/h4-9,12-13H,3,10-11H2,1-2H3. The molecule has 1 amide bonds. The lowest BCUT2D eigenvalue weighted by molar-refractivity contribution is 0.0706. The topological polar surface area (TPSA) is 59.7 Å². The Balaban J connectivity index is 1.93. The maximum absolute atomic E-state index is 12.7. The number of likely N-dealkylation sites (N-methyl/N-ethyl adjacent to an activating group) is 1. The van der Waals surface area contributed by atoms with Crippen LogP contribution in [0.2, 0.25) is 0 Å². The molecule has 0 atom stereocenters. The number of nitrogens with zero attached hydrogens (tertiary/aromatic N) is 4. The summed E-state index contributed by atoms with van der Waals surface area (Å²) >= 11 is 0. The predicted octanol–water partition coefficient (Wildman–Crippen LogP) is 2.50. The number of imidazole rings is 1. The first-order valence-corrected chi connectivity index (χ1v) is 7.92. The zero-order valence-electron chi connectivity index (χ0n) is 13.8. The molecule has 0 bridgehead atoms. The van der Waals surface area contributed by atoms with Gasteiger partial charge in [-0.15, -0.1) is 0 Å². The van der Waals surface area contributed by atoms with Crippen LogP contribution in [0, 0.1) is 0 Å². The van der Waals surface area contributed by atoms with Crippen LogP contribution in [0.1, 0.15) is 17.3 Å². The molecule has 0 unspecified atom stereocenters. The van der Waals surface area contributed by atoms with Gasteiger partial charge in [-0.3, -0.25) is 4.79 Å². The summed E-state index contributed by atoms with van der Waals surface area (Å²) in [5, 5.41) is 4.33. The van der Waals surface area contributed by atoms with Crippen molar-refractivity contribution in [1.29, 1.82) is 0 Å². The first-order chi connectivity index (χ1) is 11.7. The van der Waals surface area contributed by atoms with E-state index in [0.29, 0.717) is 25.3 Å². The SMILES string of the molecule is CCN(CCOC)C(=O)c1cccc(-c2cnc3cccnn23)c1. The predicted molar refractivity (Wildman–Crippen MR) is 91.9 cm³/mol. The molecule has 0 aliphatic rings. The van der Waals surface area contributed by atoms with Gasteiger partial charge in [0, 0.05) is 37.5 Å². The number of carbonyl (C=O) groups excluding carboxylic acids is 1. The van der Waals surface area contributed by atoms with Gasteiger partial charge in [0.05, 0.1) is 18.5 Å². The fourth-order valence-electron chi connectivity index (χ4n) is 2.62. The zero-order chi connectivity index (χ0) is 16.9. The minimum atomic E-state index is -0.00169. The fraction of sp³-hybridized carbons (Fsp3) is 0.278. The van der Waals surface area contributed by atoms with Gasteiger partial charge in [-0.2, -0.15) is 5.10 Å². The summed E-state index contributed by atoms with van der Waals surface area (Å²) in [6.07, 6.45) is 3.49. The lowest BCUT2D eigenvalue weighted by atomic mass is 10.1. The third kappa shape index (κ3) is 3.14. The Hall–Kier alpha value is -2.73. The molecule has 3 rings (SSSR count). The van der Waals surface area contributed by atoms with E-state index in [9.17, 15) is 4.79 Å². The van der Waals surface area contributed by atoms with E-state index in [0.717, 1.165) is 16.9 Å². The molecule has 0 spiro atoms. The molecule has 6 heteroatoms. The van der Waals surface area contributed by atoms with Gasteiger partial charge in [0.2, 0.25) is 0 Å². The Bertz CT molecular complexity index is 844. The molecule has 0 aliphatic carbocycles. The second-order valence-corrected chi connectivity index (χ2v) is 5.40. The van der Waals surface area contributed by atoms with Crippen molar-refractivity contribution in [3.63, 3.8) is 0 Å². The molecule has 1 aromatic carbocycles. The van der Waals surface area contributed by atoms with E-state index in [4.69, 9.17) is 4.74 Å². The van der Waals surface area contributed by atoms with E-state index < -0.39 is 0 Å². The van der Waals surface area contributed by atoms with Crippen molar-refractivity contribution >= 4 is 11.6 Å². The first-order valence-electron chi connectivity index (χ1n) is 7.92. The number of hydrogen-bond donors (Lipinski definition) is 0. The molecule has 124 valence electrons.